The second-order valence-corrected chi connectivity index (χ2v) is 5.85. The maximum absolute atomic E-state index is 12.4. The molecule has 0 radical (unpaired) electrons. The molecule has 3 nitrogen and oxygen atoms in total. The summed E-state index contributed by atoms with van der Waals surface area (Å²) in [7, 11) is 0. The van der Waals surface area contributed by atoms with E-state index in [1.807, 2.05) is 31.2 Å². The summed E-state index contributed by atoms with van der Waals surface area (Å²) in [6.45, 7) is 6.44. The van der Waals surface area contributed by atoms with E-state index >= 15 is 0 Å². The van der Waals surface area contributed by atoms with Gasteiger partial charge in [-0.25, -0.2) is 4.79 Å². The van der Waals surface area contributed by atoms with Gasteiger partial charge in [0.05, 0.1) is 6.61 Å². The smallest absolute Gasteiger partial charge is 0.331 e. The molecule has 112 valence electrons. The van der Waals surface area contributed by atoms with Crippen molar-refractivity contribution in [3.8, 4) is 0 Å². The lowest BCUT2D eigenvalue weighted by molar-refractivity contribution is -0.149. The molecule has 0 heterocycles. The van der Waals surface area contributed by atoms with Gasteiger partial charge in [-0.15, -0.1) is 0 Å². The fourth-order valence-electron chi connectivity index (χ4n) is 2.47. The summed E-state index contributed by atoms with van der Waals surface area (Å²) < 4.78 is 6.30. The SMILES string of the molecule is CCCC(CCC)(Nc1cccc(Br)c1)C(=O)OCC. The molecule has 0 fully saturated rings. The van der Waals surface area contributed by atoms with Crippen molar-refractivity contribution in [2.24, 2.45) is 0 Å². The average Bonchev–Trinajstić information content (AvgIpc) is 2.39. The van der Waals surface area contributed by atoms with E-state index in [1.165, 1.54) is 0 Å². The molecule has 0 unspecified atom stereocenters. The Hall–Kier alpha value is -1.03. The number of rotatable bonds is 8. The first kappa shape index (κ1) is 17.0. The van der Waals surface area contributed by atoms with Gasteiger partial charge in [0, 0.05) is 10.2 Å². The number of esters is 1. The molecular formula is C16H24BrNO2. The third kappa shape index (κ3) is 4.51. The van der Waals surface area contributed by atoms with E-state index in [0.717, 1.165) is 35.8 Å². The Balaban J connectivity index is 3.04. The van der Waals surface area contributed by atoms with Crippen LogP contribution in [0.1, 0.15) is 46.5 Å². The van der Waals surface area contributed by atoms with Gasteiger partial charge >= 0.3 is 5.97 Å². The normalized spacial score (nSPS) is 11.2. The number of hydrogen-bond acceptors (Lipinski definition) is 3. The van der Waals surface area contributed by atoms with E-state index in [-0.39, 0.29) is 5.97 Å². The first-order chi connectivity index (χ1) is 9.57. The summed E-state index contributed by atoms with van der Waals surface area (Å²) in [5.74, 6) is -0.149. The highest BCUT2D eigenvalue weighted by atomic mass is 79.9. The van der Waals surface area contributed by atoms with Crippen LogP contribution in [0.15, 0.2) is 28.7 Å². The molecule has 0 aromatic heterocycles. The first-order valence-electron chi connectivity index (χ1n) is 7.29. The lowest BCUT2D eigenvalue weighted by atomic mass is 9.88. The van der Waals surface area contributed by atoms with E-state index in [4.69, 9.17) is 4.74 Å². The zero-order valence-electron chi connectivity index (χ0n) is 12.5. The number of benzene rings is 1. The van der Waals surface area contributed by atoms with Crippen LogP contribution in [0.3, 0.4) is 0 Å². The Labute approximate surface area is 130 Å². The summed E-state index contributed by atoms with van der Waals surface area (Å²) in [4.78, 5) is 12.4. The van der Waals surface area contributed by atoms with Gasteiger partial charge < -0.3 is 10.1 Å². The minimum absolute atomic E-state index is 0.149. The van der Waals surface area contributed by atoms with E-state index in [0.29, 0.717) is 6.61 Å². The van der Waals surface area contributed by atoms with Gasteiger partial charge in [0.2, 0.25) is 0 Å². The molecule has 4 heteroatoms. The fourth-order valence-corrected chi connectivity index (χ4v) is 2.87. The quantitative estimate of drug-likeness (QED) is 0.692. The number of carbonyl (C=O) groups excluding carboxylic acids is 1. The summed E-state index contributed by atoms with van der Waals surface area (Å²) in [6, 6.07) is 7.89. The maximum Gasteiger partial charge on any atom is 0.331 e. The van der Waals surface area contributed by atoms with Crippen LogP contribution < -0.4 is 5.32 Å². The standard InChI is InChI=1S/C16H24BrNO2/c1-4-10-16(11-5-2,15(19)20-6-3)18-14-9-7-8-13(17)12-14/h7-9,12,18H,4-6,10-11H2,1-3H3. The molecule has 0 aliphatic rings. The molecule has 1 aromatic rings. The number of halogens is 1. The fraction of sp³-hybridized carbons (Fsp3) is 0.562. The molecule has 1 N–H and O–H groups in total. The maximum atomic E-state index is 12.4. The van der Waals surface area contributed by atoms with Crippen molar-refractivity contribution in [3.05, 3.63) is 28.7 Å². The minimum Gasteiger partial charge on any atom is -0.464 e. The van der Waals surface area contributed by atoms with Crippen LogP contribution in [0.2, 0.25) is 0 Å². The van der Waals surface area contributed by atoms with Crippen molar-refractivity contribution >= 4 is 27.6 Å². The molecule has 0 saturated heterocycles. The molecule has 0 aliphatic heterocycles. The molecule has 20 heavy (non-hydrogen) atoms. The van der Waals surface area contributed by atoms with Crippen LogP contribution in [0, 0.1) is 0 Å². The summed E-state index contributed by atoms with van der Waals surface area (Å²) in [5.41, 5.74) is 0.314. The predicted octanol–water partition coefficient (Wildman–Crippen LogP) is 4.76. The molecule has 0 saturated carbocycles. The number of ether oxygens (including phenoxy) is 1. The van der Waals surface area contributed by atoms with Crippen LogP contribution in [0.5, 0.6) is 0 Å². The third-order valence-corrected chi connectivity index (χ3v) is 3.72. The van der Waals surface area contributed by atoms with Crippen LogP contribution in [0.25, 0.3) is 0 Å². The Bertz CT molecular complexity index is 428. The van der Waals surface area contributed by atoms with Gasteiger partial charge in [-0.1, -0.05) is 48.7 Å². The van der Waals surface area contributed by atoms with Crippen LogP contribution >= 0.6 is 15.9 Å². The van der Waals surface area contributed by atoms with Gasteiger partial charge in [0.15, 0.2) is 0 Å². The van der Waals surface area contributed by atoms with Gasteiger partial charge in [0.25, 0.3) is 0 Å². The molecule has 0 atom stereocenters. The molecule has 0 spiro atoms. The Morgan fingerprint density at radius 1 is 1.25 bits per heavy atom. The van der Waals surface area contributed by atoms with Crippen molar-refractivity contribution in [2.75, 3.05) is 11.9 Å². The monoisotopic (exact) mass is 341 g/mol. The van der Waals surface area contributed by atoms with Crippen molar-refractivity contribution in [3.63, 3.8) is 0 Å². The second kappa shape index (κ2) is 8.30. The van der Waals surface area contributed by atoms with Crippen LogP contribution in [-0.2, 0) is 9.53 Å². The van der Waals surface area contributed by atoms with Crippen molar-refractivity contribution in [1.82, 2.24) is 0 Å². The Morgan fingerprint density at radius 3 is 2.40 bits per heavy atom. The minimum atomic E-state index is -0.625. The van der Waals surface area contributed by atoms with Gasteiger partial charge in [-0.05, 0) is 38.0 Å². The van der Waals surface area contributed by atoms with Gasteiger partial charge in [-0.2, -0.15) is 0 Å². The van der Waals surface area contributed by atoms with Gasteiger partial charge in [-0.3, -0.25) is 0 Å². The molecule has 1 aromatic carbocycles. The zero-order chi connectivity index (χ0) is 15.0. The zero-order valence-corrected chi connectivity index (χ0v) is 14.1. The van der Waals surface area contributed by atoms with E-state index in [9.17, 15) is 4.79 Å². The van der Waals surface area contributed by atoms with Crippen molar-refractivity contribution in [2.45, 2.75) is 52.0 Å². The number of hydrogen-bond donors (Lipinski definition) is 1. The highest BCUT2D eigenvalue weighted by molar-refractivity contribution is 9.10. The average molecular weight is 342 g/mol. The van der Waals surface area contributed by atoms with Crippen LogP contribution in [-0.4, -0.2) is 18.1 Å². The van der Waals surface area contributed by atoms with E-state index in [1.54, 1.807) is 0 Å². The molecule has 0 amide bonds. The summed E-state index contributed by atoms with van der Waals surface area (Å²) in [5, 5.41) is 3.42. The van der Waals surface area contributed by atoms with E-state index in [2.05, 4.69) is 35.1 Å². The second-order valence-electron chi connectivity index (χ2n) is 4.94. The Kier molecular flexibility index (Phi) is 7.06. The first-order valence-corrected chi connectivity index (χ1v) is 8.08. The lowest BCUT2D eigenvalue weighted by Gasteiger charge is -2.33. The topological polar surface area (TPSA) is 38.3 Å². The number of nitrogens with one attached hydrogen (secondary N) is 1. The Morgan fingerprint density at radius 2 is 1.90 bits per heavy atom. The molecule has 0 bridgehead atoms. The largest absolute Gasteiger partial charge is 0.464 e. The number of carbonyl (C=O) groups is 1. The van der Waals surface area contributed by atoms with E-state index < -0.39 is 5.54 Å². The van der Waals surface area contributed by atoms with Crippen molar-refractivity contribution in [1.29, 1.82) is 0 Å². The van der Waals surface area contributed by atoms with Crippen molar-refractivity contribution < 1.29 is 9.53 Å². The molecule has 0 aliphatic carbocycles. The molecule has 1 rings (SSSR count). The number of anilines is 1. The highest BCUT2D eigenvalue weighted by Crippen LogP contribution is 2.28. The summed E-state index contributed by atoms with van der Waals surface area (Å²) >= 11 is 3.46. The van der Waals surface area contributed by atoms with Crippen LogP contribution in [0.4, 0.5) is 5.69 Å². The third-order valence-electron chi connectivity index (χ3n) is 3.23. The molecular weight excluding hydrogens is 318 g/mol. The van der Waals surface area contributed by atoms with Gasteiger partial charge in [0.1, 0.15) is 5.54 Å². The summed E-state index contributed by atoms with van der Waals surface area (Å²) in [6.07, 6.45) is 3.40. The lowest BCUT2D eigenvalue weighted by Crippen LogP contribution is -2.47. The predicted molar refractivity (Wildman–Crippen MR) is 86.9 cm³/mol. The highest BCUT2D eigenvalue weighted by Gasteiger charge is 2.38.